The van der Waals surface area contributed by atoms with Crippen LogP contribution in [0.5, 0.6) is 0 Å². The van der Waals surface area contributed by atoms with Crippen LogP contribution in [0.25, 0.3) is 11.4 Å². The van der Waals surface area contributed by atoms with Gasteiger partial charge in [0.25, 0.3) is 0 Å². The molecule has 0 radical (unpaired) electrons. The summed E-state index contributed by atoms with van der Waals surface area (Å²) < 4.78 is 2.00. The molecule has 1 saturated heterocycles. The molecule has 2 aromatic rings. The van der Waals surface area contributed by atoms with Crippen molar-refractivity contribution in [1.82, 2.24) is 25.1 Å². The topological polar surface area (TPSA) is 55.6 Å². The molecule has 0 saturated carbocycles. The van der Waals surface area contributed by atoms with Gasteiger partial charge in [0.05, 0.1) is 17.6 Å². The number of nitrogens with zero attached hydrogens (tertiary/aromatic N) is 4. The molecule has 1 N–H and O–H groups in total. The van der Waals surface area contributed by atoms with Crippen molar-refractivity contribution >= 4 is 0 Å². The Morgan fingerprint density at radius 1 is 1.40 bits per heavy atom. The normalized spacial score (nSPS) is 18.6. The predicted molar refractivity (Wildman–Crippen MR) is 78.2 cm³/mol. The van der Waals surface area contributed by atoms with Crippen molar-refractivity contribution in [3.8, 4) is 11.4 Å². The fraction of sp³-hybridized carbons (Fsp3) is 0.533. The predicted octanol–water partition coefficient (Wildman–Crippen LogP) is 1.90. The highest BCUT2D eigenvalue weighted by Gasteiger charge is 2.16. The van der Waals surface area contributed by atoms with Crippen LogP contribution in [-0.4, -0.2) is 32.8 Å². The maximum atomic E-state index is 4.77. The van der Waals surface area contributed by atoms with Gasteiger partial charge in [-0.25, -0.2) is 4.98 Å². The molecule has 20 heavy (non-hydrogen) atoms. The molecule has 0 aromatic carbocycles. The summed E-state index contributed by atoms with van der Waals surface area (Å²) in [5, 5.41) is 7.75. The third-order valence-corrected chi connectivity index (χ3v) is 3.76. The number of nitrogens with one attached hydrogen (secondary N) is 1. The van der Waals surface area contributed by atoms with E-state index in [4.69, 9.17) is 4.98 Å². The lowest BCUT2D eigenvalue weighted by Gasteiger charge is -2.09. The highest BCUT2D eigenvalue weighted by molar-refractivity contribution is 5.52. The third-order valence-electron chi connectivity index (χ3n) is 3.76. The number of hydrogen-bond donors (Lipinski definition) is 1. The summed E-state index contributed by atoms with van der Waals surface area (Å²) in [7, 11) is 0. The largest absolute Gasteiger partial charge is 0.316 e. The first-order valence-corrected chi connectivity index (χ1v) is 7.40. The van der Waals surface area contributed by atoms with Gasteiger partial charge in [0, 0.05) is 18.9 Å². The average molecular weight is 271 g/mol. The Morgan fingerprint density at radius 2 is 2.35 bits per heavy atom. The summed E-state index contributed by atoms with van der Waals surface area (Å²) in [6.07, 6.45) is 8.87. The molecular weight excluding hydrogens is 250 g/mol. The summed E-state index contributed by atoms with van der Waals surface area (Å²) in [6, 6.07) is 2.01. The van der Waals surface area contributed by atoms with Gasteiger partial charge in [0.15, 0.2) is 0 Å². The molecule has 0 amide bonds. The van der Waals surface area contributed by atoms with E-state index in [-0.39, 0.29) is 0 Å². The summed E-state index contributed by atoms with van der Waals surface area (Å²) in [5.74, 6) is 0.695. The summed E-state index contributed by atoms with van der Waals surface area (Å²) >= 11 is 0. The molecule has 0 aliphatic carbocycles. The highest BCUT2D eigenvalue weighted by atomic mass is 15.3. The van der Waals surface area contributed by atoms with Crippen LogP contribution in [0, 0.1) is 5.92 Å². The van der Waals surface area contributed by atoms with E-state index in [1.165, 1.54) is 6.42 Å². The summed E-state index contributed by atoms with van der Waals surface area (Å²) in [6.45, 7) is 5.29. The average Bonchev–Trinajstić information content (AvgIpc) is 3.11. The molecule has 1 fully saturated rings. The highest BCUT2D eigenvalue weighted by Crippen LogP contribution is 2.18. The number of aromatic nitrogens is 4. The van der Waals surface area contributed by atoms with E-state index < -0.39 is 0 Å². The second kappa shape index (κ2) is 6.13. The lowest BCUT2D eigenvalue weighted by atomic mass is 10.0. The Bertz CT molecular complexity index is 557. The molecule has 1 aliphatic heterocycles. The van der Waals surface area contributed by atoms with Crippen molar-refractivity contribution < 1.29 is 0 Å². The minimum absolute atomic E-state index is 0.695. The van der Waals surface area contributed by atoms with Crippen LogP contribution in [-0.2, 0) is 13.0 Å². The Labute approximate surface area is 119 Å². The van der Waals surface area contributed by atoms with E-state index in [2.05, 4.69) is 22.3 Å². The van der Waals surface area contributed by atoms with Gasteiger partial charge < -0.3 is 5.32 Å². The fourth-order valence-electron chi connectivity index (χ4n) is 2.75. The van der Waals surface area contributed by atoms with Gasteiger partial charge in [-0.1, -0.05) is 6.92 Å². The van der Waals surface area contributed by atoms with Crippen molar-refractivity contribution in [3.63, 3.8) is 0 Å². The van der Waals surface area contributed by atoms with Gasteiger partial charge in [-0.3, -0.25) is 9.67 Å². The lowest BCUT2D eigenvalue weighted by Crippen LogP contribution is -2.12. The van der Waals surface area contributed by atoms with Gasteiger partial charge in [0.1, 0.15) is 5.69 Å². The quantitative estimate of drug-likeness (QED) is 0.902. The van der Waals surface area contributed by atoms with Crippen LogP contribution in [0.2, 0.25) is 0 Å². The van der Waals surface area contributed by atoms with Gasteiger partial charge in [-0.05, 0) is 44.3 Å². The standard InChI is InChI=1S/C15H21N5/c1-2-7-20-15(4-6-18-20)14-11-17-10-13(19-14)8-12-3-5-16-9-12/h4,6,10-12,16H,2-3,5,7-9H2,1H3/t12-/m0/s1. The molecule has 5 heteroatoms. The Balaban J connectivity index is 1.81. The number of aryl methyl sites for hydroxylation is 1. The molecule has 3 heterocycles. The van der Waals surface area contributed by atoms with E-state index >= 15 is 0 Å². The van der Waals surface area contributed by atoms with Gasteiger partial charge >= 0.3 is 0 Å². The van der Waals surface area contributed by atoms with Crippen LogP contribution >= 0.6 is 0 Å². The van der Waals surface area contributed by atoms with Gasteiger partial charge in [0.2, 0.25) is 0 Å². The van der Waals surface area contributed by atoms with Gasteiger partial charge in [-0.2, -0.15) is 5.10 Å². The third kappa shape index (κ3) is 2.88. The molecule has 2 aromatic heterocycles. The second-order valence-electron chi connectivity index (χ2n) is 5.40. The molecule has 0 bridgehead atoms. The second-order valence-corrected chi connectivity index (χ2v) is 5.40. The molecule has 0 spiro atoms. The van der Waals surface area contributed by atoms with Crippen LogP contribution in [0.3, 0.4) is 0 Å². The van der Waals surface area contributed by atoms with E-state index in [0.29, 0.717) is 5.92 Å². The van der Waals surface area contributed by atoms with Crippen molar-refractivity contribution in [2.24, 2.45) is 5.92 Å². The molecule has 5 nitrogen and oxygen atoms in total. The zero-order valence-corrected chi connectivity index (χ0v) is 11.9. The van der Waals surface area contributed by atoms with Crippen molar-refractivity contribution in [2.75, 3.05) is 13.1 Å². The first-order valence-electron chi connectivity index (χ1n) is 7.40. The molecular formula is C15H21N5. The number of hydrogen-bond acceptors (Lipinski definition) is 4. The molecule has 3 rings (SSSR count). The Kier molecular flexibility index (Phi) is 4.06. The van der Waals surface area contributed by atoms with E-state index in [9.17, 15) is 0 Å². The molecule has 106 valence electrons. The Hall–Kier alpha value is -1.75. The maximum absolute atomic E-state index is 4.77. The maximum Gasteiger partial charge on any atom is 0.107 e. The van der Waals surface area contributed by atoms with E-state index in [1.54, 1.807) is 0 Å². The monoisotopic (exact) mass is 271 g/mol. The van der Waals surface area contributed by atoms with Crippen LogP contribution in [0.15, 0.2) is 24.7 Å². The molecule has 1 aliphatic rings. The summed E-state index contributed by atoms with van der Waals surface area (Å²) in [4.78, 5) is 9.13. The zero-order valence-electron chi connectivity index (χ0n) is 11.9. The van der Waals surface area contributed by atoms with E-state index in [1.807, 2.05) is 29.3 Å². The molecule has 1 atom stereocenters. The van der Waals surface area contributed by atoms with Crippen molar-refractivity contribution in [1.29, 1.82) is 0 Å². The van der Waals surface area contributed by atoms with Crippen LogP contribution in [0.4, 0.5) is 0 Å². The lowest BCUT2D eigenvalue weighted by molar-refractivity contribution is 0.569. The summed E-state index contributed by atoms with van der Waals surface area (Å²) in [5.41, 5.74) is 3.07. The Morgan fingerprint density at radius 3 is 3.15 bits per heavy atom. The minimum atomic E-state index is 0.695. The minimum Gasteiger partial charge on any atom is -0.316 e. The van der Waals surface area contributed by atoms with Gasteiger partial charge in [-0.15, -0.1) is 0 Å². The SMILES string of the molecule is CCCn1nccc1-c1cncc(C[C@@H]2CCNC2)n1. The van der Waals surface area contributed by atoms with E-state index in [0.717, 1.165) is 49.6 Å². The number of rotatable bonds is 5. The van der Waals surface area contributed by atoms with Crippen molar-refractivity contribution in [2.45, 2.75) is 32.7 Å². The van der Waals surface area contributed by atoms with Crippen LogP contribution < -0.4 is 5.32 Å². The molecule has 0 unspecified atom stereocenters. The fourth-order valence-corrected chi connectivity index (χ4v) is 2.75. The zero-order chi connectivity index (χ0) is 13.8. The van der Waals surface area contributed by atoms with Crippen LogP contribution in [0.1, 0.15) is 25.5 Å². The smallest absolute Gasteiger partial charge is 0.107 e. The first kappa shape index (κ1) is 13.2. The van der Waals surface area contributed by atoms with Crippen molar-refractivity contribution in [3.05, 3.63) is 30.4 Å². The first-order chi connectivity index (χ1) is 9.86.